The van der Waals surface area contributed by atoms with Gasteiger partial charge in [0.15, 0.2) is 0 Å². The molecular formula is C20H21N5O. The zero-order valence-electron chi connectivity index (χ0n) is 14.7. The van der Waals surface area contributed by atoms with Crippen LogP contribution < -0.4 is 4.90 Å². The van der Waals surface area contributed by atoms with Crippen LogP contribution in [-0.2, 0) is 4.79 Å². The summed E-state index contributed by atoms with van der Waals surface area (Å²) in [6.07, 6.45) is 9.78. The molecule has 0 aliphatic carbocycles. The van der Waals surface area contributed by atoms with Crippen LogP contribution >= 0.6 is 0 Å². The van der Waals surface area contributed by atoms with Crippen molar-refractivity contribution in [2.45, 2.75) is 12.5 Å². The van der Waals surface area contributed by atoms with E-state index in [4.69, 9.17) is 0 Å². The first-order chi connectivity index (χ1) is 12.7. The molecule has 1 N–H and O–H groups in total. The van der Waals surface area contributed by atoms with Gasteiger partial charge in [-0.2, -0.15) is 0 Å². The van der Waals surface area contributed by atoms with E-state index in [1.807, 2.05) is 29.4 Å². The fraction of sp³-hybridized carbons (Fsp3) is 0.250. The van der Waals surface area contributed by atoms with Crippen molar-refractivity contribution in [1.82, 2.24) is 19.9 Å². The molecule has 132 valence electrons. The molecule has 1 amide bonds. The molecule has 1 fully saturated rings. The molecule has 1 aliphatic rings. The molecule has 1 unspecified atom stereocenters. The summed E-state index contributed by atoms with van der Waals surface area (Å²) in [6, 6.07) is 6.43. The average Bonchev–Trinajstić information content (AvgIpc) is 3.34. The van der Waals surface area contributed by atoms with Crippen molar-refractivity contribution in [3.05, 3.63) is 55.6 Å². The zero-order valence-corrected chi connectivity index (χ0v) is 14.7. The van der Waals surface area contributed by atoms with E-state index in [1.165, 1.54) is 6.08 Å². The highest BCUT2D eigenvalue weighted by atomic mass is 16.2. The number of aromatic amines is 1. The van der Waals surface area contributed by atoms with Gasteiger partial charge in [0, 0.05) is 55.7 Å². The fourth-order valence-electron chi connectivity index (χ4n) is 3.55. The summed E-state index contributed by atoms with van der Waals surface area (Å²) in [4.78, 5) is 27.8. The molecule has 1 saturated heterocycles. The number of hydrogen-bond acceptors (Lipinski definition) is 4. The lowest BCUT2D eigenvalue weighted by molar-refractivity contribution is -0.125. The fourth-order valence-corrected chi connectivity index (χ4v) is 3.55. The van der Waals surface area contributed by atoms with Crippen LogP contribution in [0.3, 0.4) is 0 Å². The third-order valence-electron chi connectivity index (χ3n) is 5.11. The lowest BCUT2D eigenvalue weighted by Gasteiger charge is -2.26. The Morgan fingerprint density at radius 1 is 1.42 bits per heavy atom. The Labute approximate surface area is 152 Å². The highest BCUT2D eigenvalue weighted by Gasteiger charge is 2.28. The third-order valence-corrected chi connectivity index (χ3v) is 5.11. The number of H-pyrrole nitrogens is 1. The van der Waals surface area contributed by atoms with Gasteiger partial charge in [0.25, 0.3) is 0 Å². The van der Waals surface area contributed by atoms with Crippen LogP contribution in [0.25, 0.3) is 22.2 Å². The van der Waals surface area contributed by atoms with Gasteiger partial charge in [-0.1, -0.05) is 6.58 Å². The van der Waals surface area contributed by atoms with Gasteiger partial charge in [-0.25, -0.2) is 4.98 Å². The maximum absolute atomic E-state index is 11.8. The normalized spacial score (nSPS) is 16.8. The Kier molecular flexibility index (Phi) is 4.16. The molecule has 6 heteroatoms. The summed E-state index contributed by atoms with van der Waals surface area (Å²) >= 11 is 0. The molecule has 1 atom stereocenters. The second-order valence-electron chi connectivity index (χ2n) is 6.57. The number of pyridine rings is 2. The van der Waals surface area contributed by atoms with Gasteiger partial charge in [0.2, 0.25) is 5.91 Å². The monoisotopic (exact) mass is 347 g/mol. The van der Waals surface area contributed by atoms with Gasteiger partial charge in [0.1, 0.15) is 5.65 Å². The zero-order chi connectivity index (χ0) is 18.1. The predicted molar refractivity (Wildman–Crippen MR) is 103 cm³/mol. The average molecular weight is 347 g/mol. The van der Waals surface area contributed by atoms with E-state index in [2.05, 4.69) is 39.5 Å². The van der Waals surface area contributed by atoms with E-state index in [1.54, 1.807) is 12.4 Å². The second-order valence-corrected chi connectivity index (χ2v) is 6.57. The second kappa shape index (κ2) is 6.63. The Hall–Kier alpha value is -3.15. The van der Waals surface area contributed by atoms with Crippen LogP contribution in [-0.4, -0.2) is 51.9 Å². The van der Waals surface area contributed by atoms with Crippen molar-refractivity contribution < 1.29 is 4.79 Å². The van der Waals surface area contributed by atoms with Crippen LogP contribution in [0, 0.1) is 0 Å². The maximum atomic E-state index is 11.8. The van der Waals surface area contributed by atoms with Crippen molar-refractivity contribution in [2.75, 3.05) is 25.0 Å². The van der Waals surface area contributed by atoms with Gasteiger partial charge < -0.3 is 14.8 Å². The molecule has 1 aliphatic heterocycles. The number of aromatic nitrogens is 3. The number of carbonyl (C=O) groups is 1. The van der Waals surface area contributed by atoms with Gasteiger partial charge >= 0.3 is 0 Å². The maximum Gasteiger partial charge on any atom is 0.246 e. The molecule has 6 nitrogen and oxygen atoms in total. The summed E-state index contributed by atoms with van der Waals surface area (Å²) in [5.41, 5.74) is 4.13. The molecule has 26 heavy (non-hydrogen) atoms. The Bertz CT molecular complexity index is 949. The molecule has 3 aromatic heterocycles. The number of nitrogens with zero attached hydrogens (tertiary/aromatic N) is 4. The minimum absolute atomic E-state index is 0.0000787. The summed E-state index contributed by atoms with van der Waals surface area (Å²) in [5.74, 6) is 0.0000787. The van der Waals surface area contributed by atoms with E-state index in [9.17, 15) is 4.79 Å². The number of hydrogen-bond donors (Lipinski definition) is 1. The van der Waals surface area contributed by atoms with Gasteiger partial charge in [-0.15, -0.1) is 0 Å². The summed E-state index contributed by atoms with van der Waals surface area (Å²) in [5, 5.41) is 1.08. The number of likely N-dealkylation sites (tertiary alicyclic amines) is 1. The van der Waals surface area contributed by atoms with E-state index in [-0.39, 0.29) is 11.9 Å². The van der Waals surface area contributed by atoms with Crippen molar-refractivity contribution in [2.24, 2.45) is 0 Å². The van der Waals surface area contributed by atoms with Crippen LogP contribution in [0.5, 0.6) is 0 Å². The molecule has 0 radical (unpaired) electrons. The number of amides is 1. The molecular weight excluding hydrogens is 326 g/mol. The molecule has 0 saturated carbocycles. The van der Waals surface area contributed by atoms with Crippen LogP contribution in [0.2, 0.25) is 0 Å². The van der Waals surface area contributed by atoms with Gasteiger partial charge in [0.05, 0.1) is 11.9 Å². The topological polar surface area (TPSA) is 65.1 Å². The first kappa shape index (κ1) is 16.3. The number of fused-ring (bicyclic) bond motifs is 1. The molecule has 0 spiro atoms. The van der Waals surface area contributed by atoms with Gasteiger partial charge in [-0.05, 0) is 36.3 Å². The highest BCUT2D eigenvalue weighted by molar-refractivity contribution is 5.95. The van der Waals surface area contributed by atoms with E-state index < -0.39 is 0 Å². The Balaban J connectivity index is 1.63. The number of rotatable bonds is 4. The summed E-state index contributed by atoms with van der Waals surface area (Å²) in [7, 11) is 2.06. The van der Waals surface area contributed by atoms with E-state index in [0.717, 1.165) is 40.8 Å². The van der Waals surface area contributed by atoms with Crippen molar-refractivity contribution >= 4 is 22.6 Å². The third kappa shape index (κ3) is 2.83. The highest BCUT2D eigenvalue weighted by Crippen LogP contribution is 2.31. The van der Waals surface area contributed by atoms with Crippen molar-refractivity contribution in [3.8, 4) is 11.1 Å². The quantitative estimate of drug-likeness (QED) is 0.737. The summed E-state index contributed by atoms with van der Waals surface area (Å²) in [6.45, 7) is 5.06. The first-order valence-corrected chi connectivity index (χ1v) is 8.69. The standard InChI is InChI=1S/C20H21N5O/c1-3-19(26)25-9-6-15(13-25)24(2)16-10-17-18(12-23-20(17)22-11-16)14-4-7-21-8-5-14/h3-5,7-8,10-12,15H,1,6,9,13H2,2H3,(H,22,23). The first-order valence-electron chi connectivity index (χ1n) is 8.69. The van der Waals surface area contributed by atoms with Gasteiger partial charge in [-0.3, -0.25) is 9.78 Å². The minimum atomic E-state index is 0.0000787. The van der Waals surface area contributed by atoms with Crippen LogP contribution in [0.15, 0.2) is 55.6 Å². The number of anilines is 1. The number of carbonyl (C=O) groups excluding carboxylic acids is 1. The molecule has 4 rings (SSSR count). The molecule has 3 aromatic rings. The van der Waals surface area contributed by atoms with Crippen LogP contribution in [0.1, 0.15) is 6.42 Å². The smallest absolute Gasteiger partial charge is 0.246 e. The number of nitrogens with one attached hydrogen (secondary N) is 1. The SMILES string of the molecule is C=CC(=O)N1CCC(N(C)c2cnc3[nH]cc(-c4ccncc4)c3c2)C1. The minimum Gasteiger partial charge on any atom is -0.368 e. The van der Waals surface area contributed by atoms with Crippen LogP contribution in [0.4, 0.5) is 5.69 Å². The van der Waals surface area contributed by atoms with Crippen molar-refractivity contribution in [3.63, 3.8) is 0 Å². The number of likely N-dealkylation sites (N-methyl/N-ethyl adjacent to an activating group) is 1. The Morgan fingerprint density at radius 2 is 2.23 bits per heavy atom. The largest absolute Gasteiger partial charge is 0.368 e. The predicted octanol–water partition coefficient (Wildman–Crippen LogP) is 2.85. The van der Waals surface area contributed by atoms with Crippen molar-refractivity contribution in [1.29, 1.82) is 0 Å². The lowest BCUT2D eigenvalue weighted by atomic mass is 10.1. The van der Waals surface area contributed by atoms with E-state index >= 15 is 0 Å². The Morgan fingerprint density at radius 3 is 3.00 bits per heavy atom. The summed E-state index contributed by atoms with van der Waals surface area (Å²) < 4.78 is 0. The van der Waals surface area contributed by atoms with E-state index in [0.29, 0.717) is 6.54 Å². The lowest BCUT2D eigenvalue weighted by Crippen LogP contribution is -2.36. The molecule has 4 heterocycles. The molecule has 0 bridgehead atoms. The molecule has 0 aromatic carbocycles.